The molecule has 25 heavy (non-hydrogen) atoms. The van der Waals surface area contributed by atoms with Crippen molar-refractivity contribution in [3.8, 4) is 0 Å². The van der Waals surface area contributed by atoms with Gasteiger partial charge in [-0.05, 0) is 32.6 Å². The number of carbonyl (C=O) groups is 1. The van der Waals surface area contributed by atoms with Crippen LogP contribution in [-0.2, 0) is 9.53 Å². The lowest BCUT2D eigenvalue weighted by atomic mass is 9.93. The minimum absolute atomic E-state index is 0. The van der Waals surface area contributed by atoms with Crippen molar-refractivity contribution < 1.29 is 14.6 Å². The molecule has 0 bridgehead atoms. The maximum atomic E-state index is 11.0. The molecule has 150 valence electrons. The standard InChI is InChI=1S/C18H37N3O3.HI/c1-5-12-18(23,13-6-2)15-21-17(19-7-3)20-14-10-8-9-11-16(22)24-4;/h23H,5-15H2,1-4H3,(H2,19,20,21);1H. The molecular weight excluding hydrogens is 433 g/mol. The summed E-state index contributed by atoms with van der Waals surface area (Å²) in [5.74, 6) is 0.597. The van der Waals surface area contributed by atoms with E-state index in [2.05, 4.69) is 34.2 Å². The fraction of sp³-hybridized carbons (Fsp3) is 0.889. The van der Waals surface area contributed by atoms with Crippen LogP contribution in [0.15, 0.2) is 4.99 Å². The molecule has 0 aliphatic heterocycles. The topological polar surface area (TPSA) is 83.0 Å². The van der Waals surface area contributed by atoms with Crippen LogP contribution in [0, 0.1) is 0 Å². The summed E-state index contributed by atoms with van der Waals surface area (Å²) in [6.07, 6.45) is 6.72. The third-order valence-corrected chi connectivity index (χ3v) is 3.88. The maximum Gasteiger partial charge on any atom is 0.305 e. The number of esters is 1. The summed E-state index contributed by atoms with van der Waals surface area (Å²) in [5, 5.41) is 17.1. The number of guanidine groups is 1. The molecule has 0 unspecified atom stereocenters. The monoisotopic (exact) mass is 471 g/mol. The quantitative estimate of drug-likeness (QED) is 0.126. The highest BCUT2D eigenvalue weighted by Gasteiger charge is 2.24. The largest absolute Gasteiger partial charge is 0.469 e. The fourth-order valence-electron chi connectivity index (χ4n) is 2.66. The van der Waals surface area contributed by atoms with Gasteiger partial charge in [0.15, 0.2) is 5.96 Å². The number of methoxy groups -OCH3 is 1. The number of aliphatic hydroxyl groups is 1. The first-order valence-corrected chi connectivity index (χ1v) is 9.32. The van der Waals surface area contributed by atoms with Gasteiger partial charge in [0.2, 0.25) is 0 Å². The SMILES string of the molecule is CCCC(O)(CCC)CN=C(NCC)NCCCCCC(=O)OC.I. The minimum Gasteiger partial charge on any atom is -0.469 e. The van der Waals surface area contributed by atoms with Crippen LogP contribution >= 0.6 is 24.0 Å². The predicted octanol–water partition coefficient (Wildman–Crippen LogP) is 3.22. The molecule has 0 aromatic rings. The zero-order valence-corrected chi connectivity index (χ0v) is 18.7. The summed E-state index contributed by atoms with van der Waals surface area (Å²) in [6.45, 7) is 8.20. The first-order chi connectivity index (χ1) is 11.5. The van der Waals surface area contributed by atoms with E-state index in [0.717, 1.165) is 64.0 Å². The van der Waals surface area contributed by atoms with Crippen molar-refractivity contribution in [1.82, 2.24) is 10.6 Å². The Balaban J connectivity index is 0. The van der Waals surface area contributed by atoms with Crippen molar-refractivity contribution in [2.24, 2.45) is 4.99 Å². The number of unbranched alkanes of at least 4 members (excludes halogenated alkanes) is 2. The highest BCUT2D eigenvalue weighted by Crippen LogP contribution is 2.19. The minimum atomic E-state index is -0.702. The van der Waals surface area contributed by atoms with Gasteiger partial charge in [-0.2, -0.15) is 0 Å². The second kappa shape index (κ2) is 16.9. The van der Waals surface area contributed by atoms with E-state index in [-0.39, 0.29) is 29.9 Å². The number of rotatable bonds is 13. The number of halogens is 1. The van der Waals surface area contributed by atoms with Gasteiger partial charge < -0.3 is 20.5 Å². The van der Waals surface area contributed by atoms with Gasteiger partial charge in [-0.25, -0.2) is 0 Å². The Morgan fingerprint density at radius 2 is 1.72 bits per heavy atom. The van der Waals surface area contributed by atoms with E-state index in [9.17, 15) is 9.90 Å². The van der Waals surface area contributed by atoms with Crippen molar-refractivity contribution in [2.75, 3.05) is 26.7 Å². The molecule has 0 aliphatic rings. The Hall–Kier alpha value is -0.570. The number of nitrogens with one attached hydrogen (secondary N) is 2. The average molecular weight is 471 g/mol. The molecule has 0 saturated heterocycles. The lowest BCUT2D eigenvalue weighted by Crippen LogP contribution is -2.40. The third-order valence-electron chi connectivity index (χ3n) is 3.88. The first-order valence-electron chi connectivity index (χ1n) is 9.32. The second-order valence-electron chi connectivity index (χ2n) is 6.23. The molecule has 6 nitrogen and oxygen atoms in total. The normalized spacial score (nSPS) is 11.6. The first kappa shape index (κ1) is 26.7. The highest BCUT2D eigenvalue weighted by molar-refractivity contribution is 14.0. The highest BCUT2D eigenvalue weighted by atomic mass is 127. The smallest absolute Gasteiger partial charge is 0.305 e. The summed E-state index contributed by atoms with van der Waals surface area (Å²) < 4.78 is 4.62. The summed E-state index contributed by atoms with van der Waals surface area (Å²) in [5.41, 5.74) is -0.702. The lowest BCUT2D eigenvalue weighted by molar-refractivity contribution is -0.140. The molecule has 0 aromatic heterocycles. The number of carbonyl (C=O) groups excluding carboxylic acids is 1. The molecule has 0 amide bonds. The molecule has 0 aliphatic carbocycles. The van der Waals surface area contributed by atoms with Crippen molar-refractivity contribution in [2.45, 2.75) is 77.7 Å². The van der Waals surface area contributed by atoms with Crippen LogP contribution in [0.5, 0.6) is 0 Å². The Bertz CT molecular complexity index is 359. The van der Waals surface area contributed by atoms with Crippen LogP contribution in [0.1, 0.15) is 72.1 Å². The Kier molecular flexibility index (Phi) is 18.0. The van der Waals surface area contributed by atoms with Crippen molar-refractivity contribution in [1.29, 1.82) is 0 Å². The molecule has 0 radical (unpaired) electrons. The second-order valence-corrected chi connectivity index (χ2v) is 6.23. The molecule has 0 rings (SSSR count). The van der Waals surface area contributed by atoms with Gasteiger partial charge in [0.05, 0.1) is 19.3 Å². The fourth-order valence-corrected chi connectivity index (χ4v) is 2.66. The molecule has 0 fully saturated rings. The maximum absolute atomic E-state index is 11.0. The molecule has 0 aromatic carbocycles. The Morgan fingerprint density at radius 1 is 1.08 bits per heavy atom. The van der Waals surface area contributed by atoms with E-state index in [0.29, 0.717) is 13.0 Å². The van der Waals surface area contributed by atoms with Crippen LogP contribution in [0.25, 0.3) is 0 Å². The van der Waals surface area contributed by atoms with E-state index in [1.807, 2.05) is 6.92 Å². The van der Waals surface area contributed by atoms with Gasteiger partial charge in [0.1, 0.15) is 0 Å². The molecule has 0 heterocycles. The molecule has 0 saturated carbocycles. The number of hydrogen-bond donors (Lipinski definition) is 3. The van der Waals surface area contributed by atoms with Crippen LogP contribution in [0.3, 0.4) is 0 Å². The molecule has 3 N–H and O–H groups in total. The zero-order chi connectivity index (χ0) is 18.3. The van der Waals surface area contributed by atoms with Crippen molar-refractivity contribution in [3.63, 3.8) is 0 Å². The number of hydrogen-bond acceptors (Lipinski definition) is 4. The van der Waals surface area contributed by atoms with E-state index in [1.165, 1.54) is 7.11 Å². The number of nitrogens with zero attached hydrogens (tertiary/aromatic N) is 1. The average Bonchev–Trinajstić information content (AvgIpc) is 2.55. The van der Waals surface area contributed by atoms with E-state index < -0.39 is 5.60 Å². The third kappa shape index (κ3) is 14.3. The van der Waals surface area contributed by atoms with Crippen molar-refractivity contribution >= 4 is 35.9 Å². The van der Waals surface area contributed by atoms with E-state index in [4.69, 9.17) is 0 Å². The van der Waals surface area contributed by atoms with Gasteiger partial charge in [-0.3, -0.25) is 9.79 Å². The van der Waals surface area contributed by atoms with Crippen LogP contribution in [-0.4, -0.2) is 49.4 Å². The van der Waals surface area contributed by atoms with Crippen molar-refractivity contribution in [3.05, 3.63) is 0 Å². The number of aliphatic imine (C=N–C) groups is 1. The van der Waals surface area contributed by atoms with Gasteiger partial charge in [-0.15, -0.1) is 24.0 Å². The molecule has 7 heteroatoms. The Morgan fingerprint density at radius 3 is 2.24 bits per heavy atom. The van der Waals surface area contributed by atoms with Crippen LogP contribution in [0.2, 0.25) is 0 Å². The van der Waals surface area contributed by atoms with Gasteiger partial charge >= 0.3 is 5.97 Å². The predicted molar refractivity (Wildman–Crippen MR) is 115 cm³/mol. The summed E-state index contributed by atoms with van der Waals surface area (Å²) in [7, 11) is 1.42. The molecule has 0 spiro atoms. The summed E-state index contributed by atoms with van der Waals surface area (Å²) >= 11 is 0. The van der Waals surface area contributed by atoms with E-state index in [1.54, 1.807) is 0 Å². The van der Waals surface area contributed by atoms with Gasteiger partial charge in [-0.1, -0.05) is 33.1 Å². The Labute approximate surface area is 170 Å². The lowest BCUT2D eigenvalue weighted by Gasteiger charge is -2.26. The summed E-state index contributed by atoms with van der Waals surface area (Å²) in [4.78, 5) is 15.6. The van der Waals surface area contributed by atoms with Gasteiger partial charge in [0, 0.05) is 19.5 Å². The zero-order valence-electron chi connectivity index (χ0n) is 16.4. The summed E-state index contributed by atoms with van der Waals surface area (Å²) in [6, 6.07) is 0. The number of ether oxygens (including phenoxy) is 1. The van der Waals surface area contributed by atoms with Gasteiger partial charge in [0.25, 0.3) is 0 Å². The van der Waals surface area contributed by atoms with E-state index >= 15 is 0 Å². The van der Waals surface area contributed by atoms with Crippen LogP contribution < -0.4 is 10.6 Å². The van der Waals surface area contributed by atoms with Crippen LogP contribution in [0.4, 0.5) is 0 Å². The molecular formula is C18H38IN3O3. The molecule has 0 atom stereocenters.